The number of allylic oxidation sites excluding steroid dienone is 2. The Morgan fingerprint density at radius 2 is 0.981 bits per heavy atom. The van der Waals surface area contributed by atoms with Gasteiger partial charge in [-0.25, -0.2) is 0 Å². The number of esters is 2. The van der Waals surface area contributed by atoms with Gasteiger partial charge in [-0.3, -0.25) is 9.59 Å². The highest BCUT2D eigenvalue weighted by Gasteiger charge is 2.77. The predicted octanol–water partition coefficient (Wildman–Crippen LogP) is -4.49. The fraction of sp³-hybridized carbons (Fsp3) is 0.942. The highest BCUT2D eigenvalue weighted by molar-refractivity contribution is 5.83. The summed E-state index contributed by atoms with van der Waals surface area (Å²) in [6.45, 7) is 11.3. The summed E-state index contributed by atoms with van der Waals surface area (Å²) in [7, 11) is 2.34. The summed E-state index contributed by atoms with van der Waals surface area (Å²) in [6, 6.07) is 0. The van der Waals surface area contributed by atoms with Crippen molar-refractivity contribution >= 4 is 11.9 Å². The van der Waals surface area contributed by atoms with Gasteiger partial charge in [0, 0.05) is 38.9 Å². The van der Waals surface area contributed by atoms with E-state index >= 15 is 0 Å². The lowest BCUT2D eigenvalue weighted by atomic mass is 9.41. The number of fused-ring (bicyclic) bond motifs is 4. The Morgan fingerprint density at radius 1 is 0.515 bits per heavy atom. The van der Waals surface area contributed by atoms with Crippen molar-refractivity contribution in [2.75, 3.05) is 53.9 Å². The fourth-order valence-electron chi connectivity index (χ4n) is 19.8. The molecule has 11 aliphatic rings. The Balaban J connectivity index is 0.845. The van der Waals surface area contributed by atoms with Crippen LogP contribution in [0.3, 0.4) is 0 Å². The lowest BCUT2D eigenvalue weighted by Crippen LogP contribution is -2.68. The Labute approximate surface area is 597 Å². The molecule has 11 rings (SSSR count). The fourth-order valence-corrected chi connectivity index (χ4v) is 19.8. The second kappa shape index (κ2) is 32.1. The number of hydrogen-bond donors (Lipinski definition) is 16. The number of methoxy groups -OCH3 is 2. The van der Waals surface area contributed by atoms with Gasteiger partial charge < -0.3 is 157 Å². The van der Waals surface area contributed by atoms with E-state index in [1.807, 2.05) is 6.92 Å². The zero-order valence-corrected chi connectivity index (χ0v) is 59.9. The van der Waals surface area contributed by atoms with Crippen molar-refractivity contribution in [1.82, 2.24) is 0 Å². The Hall–Kier alpha value is -2.52. The third-order valence-electron chi connectivity index (χ3n) is 25.2. The van der Waals surface area contributed by atoms with Crippen LogP contribution in [0.1, 0.15) is 113 Å². The van der Waals surface area contributed by atoms with Gasteiger partial charge in [-0.1, -0.05) is 53.2 Å². The minimum absolute atomic E-state index is 0.0542. The SMILES string of the molecule is CO[C@@H]1[C@@H](O)[C@H](O[C@@H]2[C@@H](O)[C@H](O[C@H]3[C@H](O)[C@@H](O)[C@H](O[C@H]4[C@H](O[C@H]5CC[C@]6(C)C7CC[C@]89C(=O)O[C@@](C)(C[C@H](CC(C)C)OC(C)=O)[C@H]8CC[C@@]9(C)C7=CCC6C5(C)C)OC[C@@H](O[C@@H]5O[C@H](CO)[C@@H](O)[C@H](O[C@@H]6O[C@H](CO)[C@@H](O)[C@H](OC)[C@H]6O)[C@H]5O)[C@@H]4O)O[C@@H]3CO)O[C@H](CO)[C@H]2O)O[C@H](CO)[C@H]1O. The summed E-state index contributed by atoms with van der Waals surface area (Å²) < 4.78 is 95.9. The molecule has 16 N–H and O–H groups in total. The van der Waals surface area contributed by atoms with Gasteiger partial charge in [-0.15, -0.1) is 0 Å². The topological polar surface area (TPSA) is 506 Å². The first-order valence-corrected chi connectivity index (χ1v) is 36.2. The summed E-state index contributed by atoms with van der Waals surface area (Å²) >= 11 is 0. The van der Waals surface area contributed by atoms with Gasteiger partial charge in [0.2, 0.25) is 0 Å². The van der Waals surface area contributed by atoms with Gasteiger partial charge >= 0.3 is 11.9 Å². The van der Waals surface area contributed by atoms with Crippen molar-refractivity contribution < 1.29 is 167 Å². The standard InChI is InChI=1S/C69H112O34/c1-27(2)19-29(91-28(3)75)20-68(8)39-14-17-67(7)31-11-12-38-65(4,5)40(15-16-66(38,6)30(31)13-18-69(39,67)64(87)103-68)98-63-57(45(80)37(26-90-63)97-59-50(85)55(43(78)34(23-72)92-59)100-60-48(83)53(88-9)41(76)32(21-70)93-60)102-58-47(82)46(81)52(36(25-74)96-58)99-62-51(86)56(44(79)35(24-73)95-62)101-61-49(84)54(89-10)42(77)33(22-71)94-61/h11,27,29-30,32-63,70-74,76-86H,12-26H2,1-10H3/t29-,30?,32+,33+,34+,35+,36+,37+,38?,39+,40-,41+,42+,43+,44+,45-,46+,47+,48+,49+,50+,51+,52+,53-,54-,55-,56-,57+,58-,59-,60-,61-,62-,63-,66+,67-,68-,69+/m0/s1. The van der Waals surface area contributed by atoms with E-state index in [9.17, 15) is 91.3 Å². The molecule has 0 radical (unpaired) electrons. The smallest absolute Gasteiger partial charge is 0.313 e. The number of carbonyl (C=O) groups excluding carboxylic acids is 2. The van der Waals surface area contributed by atoms with E-state index in [4.69, 9.17) is 75.8 Å². The normalized spacial score (nSPS) is 50.8. The number of carbonyl (C=O) groups is 2. The van der Waals surface area contributed by atoms with E-state index in [1.54, 1.807) is 0 Å². The van der Waals surface area contributed by atoms with Crippen molar-refractivity contribution in [3.8, 4) is 0 Å². The number of rotatable bonds is 24. The minimum Gasteiger partial charge on any atom is -0.462 e. The summed E-state index contributed by atoms with van der Waals surface area (Å²) in [6.07, 6.45) is -44.5. The average molecular weight is 1490 g/mol. The Morgan fingerprint density at radius 3 is 1.48 bits per heavy atom. The van der Waals surface area contributed by atoms with Gasteiger partial charge in [-0.05, 0) is 86.9 Å². The van der Waals surface area contributed by atoms with Gasteiger partial charge in [0.25, 0.3) is 0 Å². The van der Waals surface area contributed by atoms with Crippen molar-refractivity contribution in [1.29, 1.82) is 0 Å². The molecule has 1 spiro atoms. The van der Waals surface area contributed by atoms with E-state index in [0.29, 0.717) is 44.9 Å². The number of cyclic esters (lactones) is 1. The molecule has 38 atom stereocenters. The molecule has 34 heteroatoms. The van der Waals surface area contributed by atoms with E-state index in [1.165, 1.54) is 19.6 Å². The molecule has 0 aromatic rings. The molecule has 103 heavy (non-hydrogen) atoms. The molecule has 3 saturated carbocycles. The molecule has 0 amide bonds. The molecule has 7 aliphatic heterocycles. The maximum absolute atomic E-state index is 14.8. The van der Waals surface area contributed by atoms with Crippen LogP contribution in [0.2, 0.25) is 0 Å². The van der Waals surface area contributed by atoms with Gasteiger partial charge in [0.1, 0.15) is 152 Å². The largest absolute Gasteiger partial charge is 0.462 e. The molecular weight excluding hydrogens is 1370 g/mol. The number of hydrogen-bond acceptors (Lipinski definition) is 34. The van der Waals surface area contributed by atoms with Crippen LogP contribution in [0.25, 0.3) is 0 Å². The van der Waals surface area contributed by atoms with Crippen LogP contribution in [0.15, 0.2) is 11.6 Å². The predicted molar refractivity (Wildman–Crippen MR) is 343 cm³/mol. The van der Waals surface area contributed by atoms with E-state index in [2.05, 4.69) is 47.6 Å². The van der Waals surface area contributed by atoms with Gasteiger partial charge in [0.05, 0.1) is 51.2 Å². The van der Waals surface area contributed by atoms with Crippen molar-refractivity contribution in [2.24, 2.45) is 45.3 Å². The third-order valence-corrected chi connectivity index (χ3v) is 25.2. The maximum atomic E-state index is 14.8. The second-order valence-electron chi connectivity index (χ2n) is 31.9. The van der Waals surface area contributed by atoms with Crippen LogP contribution in [0.5, 0.6) is 0 Å². The van der Waals surface area contributed by atoms with Crippen LogP contribution in [0, 0.1) is 45.3 Å². The molecule has 10 fully saturated rings. The molecule has 592 valence electrons. The first kappa shape index (κ1) is 81.5. The first-order chi connectivity index (χ1) is 48.7. The van der Waals surface area contributed by atoms with E-state index < -0.39 is 252 Å². The van der Waals surface area contributed by atoms with Crippen LogP contribution in [-0.4, -0.2) is 343 Å². The van der Waals surface area contributed by atoms with Gasteiger partial charge in [-0.2, -0.15) is 0 Å². The van der Waals surface area contributed by atoms with E-state index in [0.717, 1.165) is 20.0 Å². The van der Waals surface area contributed by atoms with Crippen LogP contribution < -0.4 is 0 Å². The third kappa shape index (κ3) is 14.6. The van der Waals surface area contributed by atoms with Crippen LogP contribution >= 0.6 is 0 Å². The van der Waals surface area contributed by atoms with Crippen molar-refractivity contribution in [2.45, 2.75) is 309 Å². The Kier molecular flexibility index (Phi) is 25.4. The molecule has 7 saturated heterocycles. The molecule has 0 aromatic carbocycles. The average Bonchev–Trinajstić information content (AvgIpc) is 1.50. The molecule has 2 unspecified atom stereocenters. The molecule has 7 heterocycles. The highest BCUT2D eigenvalue weighted by Crippen LogP contribution is 2.76. The molecule has 34 nitrogen and oxygen atoms in total. The maximum Gasteiger partial charge on any atom is 0.313 e. The summed E-state index contributed by atoms with van der Waals surface area (Å²) in [5.74, 6) is -0.491. The molecule has 4 aliphatic carbocycles. The zero-order valence-electron chi connectivity index (χ0n) is 59.9. The number of ether oxygens (including phenoxy) is 16. The Bertz CT molecular complexity index is 2880. The minimum atomic E-state index is -2.19. The van der Waals surface area contributed by atoms with Crippen molar-refractivity contribution in [3.05, 3.63) is 11.6 Å². The van der Waals surface area contributed by atoms with Crippen molar-refractivity contribution in [3.63, 3.8) is 0 Å². The quantitative estimate of drug-likeness (QED) is 0.0320. The summed E-state index contributed by atoms with van der Waals surface area (Å²) in [5, 5.41) is 179. The molecular formula is C69H112O34. The van der Waals surface area contributed by atoms with Crippen LogP contribution in [-0.2, 0) is 85.4 Å². The summed E-state index contributed by atoms with van der Waals surface area (Å²) in [5.41, 5.74) is -1.99. The monoisotopic (exact) mass is 1480 g/mol. The second-order valence-corrected chi connectivity index (χ2v) is 31.9. The summed E-state index contributed by atoms with van der Waals surface area (Å²) in [4.78, 5) is 27.2. The number of aliphatic hydroxyl groups is 16. The lowest BCUT2D eigenvalue weighted by Gasteiger charge is -2.64. The lowest BCUT2D eigenvalue weighted by molar-refractivity contribution is -0.399. The first-order valence-electron chi connectivity index (χ1n) is 36.2. The molecule has 0 bridgehead atoms. The highest BCUT2D eigenvalue weighted by atomic mass is 16.8. The van der Waals surface area contributed by atoms with E-state index in [-0.39, 0.29) is 41.0 Å². The zero-order chi connectivity index (χ0) is 75.1. The number of aliphatic hydroxyl groups excluding tert-OH is 16. The van der Waals surface area contributed by atoms with Gasteiger partial charge in [0.15, 0.2) is 37.7 Å². The molecule has 0 aromatic heterocycles. The van der Waals surface area contributed by atoms with Crippen LogP contribution in [0.4, 0.5) is 0 Å².